The van der Waals surface area contributed by atoms with Crippen LogP contribution in [-0.2, 0) is 14.3 Å². The van der Waals surface area contributed by atoms with Crippen LogP contribution in [0, 0.1) is 5.92 Å². The highest BCUT2D eigenvalue weighted by Crippen LogP contribution is 2.11. The van der Waals surface area contributed by atoms with Crippen molar-refractivity contribution in [2.45, 2.75) is 25.4 Å². The fourth-order valence-electron chi connectivity index (χ4n) is 1.88. The van der Waals surface area contributed by atoms with Crippen LogP contribution < -0.4 is 10.6 Å². The number of aliphatic carboxylic acids is 1. The topological polar surface area (TPSA) is 87.7 Å². The molecule has 0 radical (unpaired) electrons. The quantitative estimate of drug-likeness (QED) is 0.567. The van der Waals surface area contributed by atoms with Crippen LogP contribution in [0.2, 0.25) is 0 Å². The van der Waals surface area contributed by atoms with Gasteiger partial charge in [0.1, 0.15) is 0 Å². The molecule has 0 aromatic heterocycles. The van der Waals surface area contributed by atoms with Crippen LogP contribution in [0.3, 0.4) is 0 Å². The van der Waals surface area contributed by atoms with Gasteiger partial charge in [0.2, 0.25) is 5.91 Å². The number of carbonyl (C=O) groups is 2. The standard InChI is InChI=1S/C11H20N2O4/c1-17-9(5-11(15)16)7-13-10(14)4-8-2-3-12-6-8/h8-9,12H,2-7H2,1H3,(H,13,14)(H,15,16). The Morgan fingerprint density at radius 3 is 2.88 bits per heavy atom. The van der Waals surface area contributed by atoms with Crippen molar-refractivity contribution in [3.63, 3.8) is 0 Å². The van der Waals surface area contributed by atoms with Crippen molar-refractivity contribution >= 4 is 11.9 Å². The fraction of sp³-hybridized carbons (Fsp3) is 0.818. The minimum atomic E-state index is -0.925. The van der Waals surface area contributed by atoms with E-state index in [1.54, 1.807) is 0 Å². The summed E-state index contributed by atoms with van der Waals surface area (Å²) >= 11 is 0. The SMILES string of the molecule is COC(CNC(=O)CC1CCNC1)CC(=O)O. The lowest BCUT2D eigenvalue weighted by Gasteiger charge is -2.15. The molecule has 6 heteroatoms. The van der Waals surface area contributed by atoms with Crippen LogP contribution in [0.4, 0.5) is 0 Å². The summed E-state index contributed by atoms with van der Waals surface area (Å²) in [5, 5.41) is 14.5. The zero-order valence-corrected chi connectivity index (χ0v) is 10.1. The van der Waals surface area contributed by atoms with Crippen molar-refractivity contribution in [3.05, 3.63) is 0 Å². The predicted molar refractivity (Wildman–Crippen MR) is 61.7 cm³/mol. The third-order valence-corrected chi connectivity index (χ3v) is 2.90. The summed E-state index contributed by atoms with van der Waals surface area (Å²) in [7, 11) is 1.45. The van der Waals surface area contributed by atoms with E-state index in [0.717, 1.165) is 19.5 Å². The lowest BCUT2D eigenvalue weighted by Crippen LogP contribution is -2.35. The van der Waals surface area contributed by atoms with Gasteiger partial charge in [-0.3, -0.25) is 9.59 Å². The van der Waals surface area contributed by atoms with Crippen LogP contribution in [0.25, 0.3) is 0 Å². The first kappa shape index (κ1) is 13.9. The van der Waals surface area contributed by atoms with Gasteiger partial charge in [-0.05, 0) is 25.4 Å². The van der Waals surface area contributed by atoms with E-state index in [2.05, 4.69) is 10.6 Å². The highest BCUT2D eigenvalue weighted by Gasteiger charge is 2.19. The number of carbonyl (C=O) groups excluding carboxylic acids is 1. The van der Waals surface area contributed by atoms with Gasteiger partial charge in [-0.1, -0.05) is 0 Å². The number of carboxylic acids is 1. The summed E-state index contributed by atoms with van der Waals surface area (Å²) in [5.41, 5.74) is 0. The van der Waals surface area contributed by atoms with E-state index in [0.29, 0.717) is 12.3 Å². The number of ether oxygens (including phenoxy) is 1. The normalized spacial score (nSPS) is 21.1. The molecule has 1 saturated heterocycles. The summed E-state index contributed by atoms with van der Waals surface area (Å²) in [6.45, 7) is 2.11. The van der Waals surface area contributed by atoms with Crippen LogP contribution in [0.5, 0.6) is 0 Å². The minimum Gasteiger partial charge on any atom is -0.481 e. The Labute approximate surface area is 101 Å². The molecule has 3 N–H and O–H groups in total. The molecule has 1 fully saturated rings. The van der Waals surface area contributed by atoms with Gasteiger partial charge in [0.25, 0.3) is 0 Å². The summed E-state index contributed by atoms with van der Waals surface area (Å²) < 4.78 is 4.97. The molecule has 0 bridgehead atoms. The van der Waals surface area contributed by atoms with Gasteiger partial charge < -0.3 is 20.5 Å². The van der Waals surface area contributed by atoms with Gasteiger partial charge in [-0.15, -0.1) is 0 Å². The van der Waals surface area contributed by atoms with Crippen LogP contribution in [-0.4, -0.2) is 49.8 Å². The Morgan fingerprint density at radius 2 is 2.35 bits per heavy atom. The van der Waals surface area contributed by atoms with Crippen molar-refractivity contribution in [1.29, 1.82) is 0 Å². The number of hydrogen-bond donors (Lipinski definition) is 3. The maximum absolute atomic E-state index is 11.6. The van der Waals surface area contributed by atoms with Crippen LogP contribution in [0.15, 0.2) is 0 Å². The van der Waals surface area contributed by atoms with Gasteiger partial charge in [-0.25, -0.2) is 0 Å². The fourth-order valence-corrected chi connectivity index (χ4v) is 1.88. The zero-order chi connectivity index (χ0) is 12.7. The molecule has 1 aliphatic heterocycles. The average Bonchev–Trinajstić information content (AvgIpc) is 2.76. The molecule has 0 aromatic rings. The average molecular weight is 244 g/mol. The molecule has 98 valence electrons. The number of nitrogens with one attached hydrogen (secondary N) is 2. The maximum atomic E-state index is 11.6. The molecule has 1 heterocycles. The molecule has 17 heavy (non-hydrogen) atoms. The van der Waals surface area contributed by atoms with E-state index in [-0.39, 0.29) is 18.9 Å². The van der Waals surface area contributed by atoms with Gasteiger partial charge in [0, 0.05) is 20.1 Å². The van der Waals surface area contributed by atoms with Crippen molar-refractivity contribution in [1.82, 2.24) is 10.6 Å². The Bertz CT molecular complexity index is 264. The van der Waals surface area contributed by atoms with E-state index < -0.39 is 12.1 Å². The van der Waals surface area contributed by atoms with E-state index >= 15 is 0 Å². The molecule has 0 aromatic carbocycles. The van der Waals surface area contributed by atoms with Crippen molar-refractivity contribution < 1.29 is 19.4 Å². The number of carboxylic acid groups (broad SMARTS) is 1. The predicted octanol–water partition coefficient (Wildman–Crippen LogP) is -0.408. The van der Waals surface area contributed by atoms with Gasteiger partial charge >= 0.3 is 5.97 Å². The molecular formula is C11H20N2O4. The van der Waals surface area contributed by atoms with Gasteiger partial charge in [-0.2, -0.15) is 0 Å². The lowest BCUT2D eigenvalue weighted by molar-refractivity contribution is -0.140. The van der Waals surface area contributed by atoms with Gasteiger partial charge in [0.05, 0.1) is 12.5 Å². The number of rotatable bonds is 7. The second-order valence-corrected chi connectivity index (χ2v) is 4.32. The maximum Gasteiger partial charge on any atom is 0.306 e. The van der Waals surface area contributed by atoms with Crippen LogP contribution in [0.1, 0.15) is 19.3 Å². The Morgan fingerprint density at radius 1 is 1.59 bits per heavy atom. The van der Waals surface area contributed by atoms with E-state index in [1.807, 2.05) is 0 Å². The smallest absolute Gasteiger partial charge is 0.306 e. The van der Waals surface area contributed by atoms with E-state index in [4.69, 9.17) is 9.84 Å². The molecule has 0 aliphatic carbocycles. The van der Waals surface area contributed by atoms with E-state index in [9.17, 15) is 9.59 Å². The van der Waals surface area contributed by atoms with Gasteiger partial charge in [0.15, 0.2) is 0 Å². The number of hydrogen-bond acceptors (Lipinski definition) is 4. The molecule has 2 atom stereocenters. The zero-order valence-electron chi connectivity index (χ0n) is 10.1. The van der Waals surface area contributed by atoms with Crippen molar-refractivity contribution in [2.75, 3.05) is 26.7 Å². The summed E-state index contributed by atoms with van der Waals surface area (Å²) in [5.74, 6) is -0.562. The first-order valence-electron chi connectivity index (χ1n) is 5.83. The monoisotopic (exact) mass is 244 g/mol. The molecule has 0 saturated carbocycles. The Balaban J connectivity index is 2.18. The largest absolute Gasteiger partial charge is 0.481 e. The second-order valence-electron chi connectivity index (χ2n) is 4.32. The Kier molecular flexibility index (Phi) is 5.93. The van der Waals surface area contributed by atoms with Crippen molar-refractivity contribution in [3.8, 4) is 0 Å². The summed E-state index contributed by atoms with van der Waals surface area (Å²) in [6.07, 6.45) is 0.965. The first-order chi connectivity index (χ1) is 8.11. The molecule has 2 unspecified atom stereocenters. The third kappa shape index (κ3) is 5.65. The molecule has 1 amide bonds. The summed E-state index contributed by atoms with van der Waals surface area (Å²) in [6, 6.07) is 0. The van der Waals surface area contributed by atoms with E-state index in [1.165, 1.54) is 7.11 Å². The summed E-state index contributed by atoms with van der Waals surface area (Å²) in [4.78, 5) is 22.1. The minimum absolute atomic E-state index is 0.0360. The molecule has 1 aliphatic rings. The Hall–Kier alpha value is -1.14. The number of methoxy groups -OCH3 is 1. The highest BCUT2D eigenvalue weighted by atomic mass is 16.5. The lowest BCUT2D eigenvalue weighted by atomic mass is 10.0. The molecule has 0 spiro atoms. The molecule has 1 rings (SSSR count). The van der Waals surface area contributed by atoms with Crippen LogP contribution >= 0.6 is 0 Å². The van der Waals surface area contributed by atoms with Crippen molar-refractivity contribution in [2.24, 2.45) is 5.92 Å². The number of amides is 1. The highest BCUT2D eigenvalue weighted by molar-refractivity contribution is 5.76. The second kappa shape index (κ2) is 7.24. The molecule has 6 nitrogen and oxygen atoms in total. The molecular weight excluding hydrogens is 224 g/mol. The third-order valence-electron chi connectivity index (χ3n) is 2.90. The first-order valence-corrected chi connectivity index (χ1v) is 5.83.